The number of carbonyl (C=O) groups excluding carboxylic acids is 2. The number of hydrogen-bond acceptors (Lipinski definition) is 4. The van der Waals surface area contributed by atoms with Gasteiger partial charge in [-0.25, -0.2) is 0 Å². The first-order valence-corrected chi connectivity index (χ1v) is 4.99. The Bertz CT molecular complexity index is 440. The number of aldehydes is 1. The number of amidine groups is 1. The molecule has 0 saturated heterocycles. The van der Waals surface area contributed by atoms with Crippen molar-refractivity contribution in [3.8, 4) is 0 Å². The van der Waals surface area contributed by atoms with Gasteiger partial charge in [-0.1, -0.05) is 29.4 Å². The minimum absolute atomic E-state index is 0.0104. The average molecular weight is 233 g/mol. The van der Waals surface area contributed by atoms with E-state index in [0.29, 0.717) is 17.4 Å². The Morgan fingerprint density at radius 2 is 2.12 bits per heavy atom. The van der Waals surface area contributed by atoms with E-state index in [0.717, 1.165) is 0 Å². The zero-order valence-electron chi connectivity index (χ0n) is 9.38. The maximum atomic E-state index is 10.9. The SMILES string of the molecule is CC([C]=O)(CC=O)c1ccc(C(N)=NO)cc1. The summed E-state index contributed by atoms with van der Waals surface area (Å²) in [6, 6.07) is 6.54. The molecule has 1 atom stereocenters. The molecule has 0 heterocycles. The van der Waals surface area contributed by atoms with Gasteiger partial charge in [0.1, 0.15) is 6.29 Å². The highest BCUT2D eigenvalue weighted by molar-refractivity contribution is 5.97. The van der Waals surface area contributed by atoms with E-state index in [-0.39, 0.29) is 12.3 Å². The Kier molecular flexibility index (Phi) is 3.98. The van der Waals surface area contributed by atoms with Gasteiger partial charge in [0, 0.05) is 12.0 Å². The molecule has 0 fully saturated rings. The molecule has 0 amide bonds. The molecule has 1 aromatic carbocycles. The zero-order valence-corrected chi connectivity index (χ0v) is 9.38. The Labute approximate surface area is 98.9 Å². The molecule has 0 aliphatic heterocycles. The zero-order chi connectivity index (χ0) is 12.9. The predicted octanol–water partition coefficient (Wildman–Crippen LogP) is 0.738. The number of carbonyl (C=O) groups is 1. The summed E-state index contributed by atoms with van der Waals surface area (Å²) in [5, 5.41) is 11.4. The van der Waals surface area contributed by atoms with Crippen LogP contribution in [0.3, 0.4) is 0 Å². The fourth-order valence-corrected chi connectivity index (χ4v) is 1.45. The Morgan fingerprint density at radius 3 is 2.53 bits per heavy atom. The highest BCUT2D eigenvalue weighted by Crippen LogP contribution is 2.24. The molecule has 17 heavy (non-hydrogen) atoms. The van der Waals surface area contributed by atoms with Gasteiger partial charge >= 0.3 is 0 Å². The predicted molar refractivity (Wildman–Crippen MR) is 62.7 cm³/mol. The van der Waals surface area contributed by atoms with Gasteiger partial charge in [0.2, 0.25) is 6.29 Å². The lowest BCUT2D eigenvalue weighted by Crippen LogP contribution is -2.24. The smallest absolute Gasteiger partial charge is 0.209 e. The lowest BCUT2D eigenvalue weighted by Gasteiger charge is -2.19. The maximum Gasteiger partial charge on any atom is 0.209 e. The molecule has 1 radical (unpaired) electrons. The van der Waals surface area contributed by atoms with E-state index in [2.05, 4.69) is 5.16 Å². The third kappa shape index (κ3) is 2.69. The Balaban J connectivity index is 3.08. The van der Waals surface area contributed by atoms with E-state index in [9.17, 15) is 9.59 Å². The minimum Gasteiger partial charge on any atom is -0.409 e. The molecule has 0 aliphatic rings. The first-order chi connectivity index (χ1) is 8.07. The summed E-state index contributed by atoms with van der Waals surface area (Å²) in [7, 11) is 0. The lowest BCUT2D eigenvalue weighted by molar-refractivity contribution is -0.108. The largest absolute Gasteiger partial charge is 0.409 e. The van der Waals surface area contributed by atoms with Crippen molar-refractivity contribution in [1.29, 1.82) is 0 Å². The van der Waals surface area contributed by atoms with Crippen LogP contribution in [-0.4, -0.2) is 23.6 Å². The molecule has 1 unspecified atom stereocenters. The van der Waals surface area contributed by atoms with Gasteiger partial charge in [0.25, 0.3) is 0 Å². The van der Waals surface area contributed by atoms with Crippen LogP contribution < -0.4 is 5.73 Å². The molecular formula is C12H13N2O3. The van der Waals surface area contributed by atoms with Crippen LogP contribution in [-0.2, 0) is 15.0 Å². The molecule has 1 rings (SSSR count). The highest BCUT2D eigenvalue weighted by Gasteiger charge is 2.26. The Morgan fingerprint density at radius 1 is 1.53 bits per heavy atom. The molecule has 89 valence electrons. The normalized spacial score (nSPS) is 15.0. The molecule has 0 aromatic heterocycles. The van der Waals surface area contributed by atoms with E-state index in [1.807, 2.05) is 6.29 Å². The molecular weight excluding hydrogens is 220 g/mol. The second-order valence-electron chi connectivity index (χ2n) is 3.87. The molecule has 0 aliphatic carbocycles. The molecule has 1 aromatic rings. The third-order valence-corrected chi connectivity index (χ3v) is 2.64. The second-order valence-corrected chi connectivity index (χ2v) is 3.87. The van der Waals surface area contributed by atoms with Crippen molar-refractivity contribution in [1.82, 2.24) is 0 Å². The van der Waals surface area contributed by atoms with Crippen LogP contribution in [0.1, 0.15) is 24.5 Å². The van der Waals surface area contributed by atoms with Gasteiger partial charge < -0.3 is 15.7 Å². The molecule has 0 spiro atoms. The highest BCUT2D eigenvalue weighted by atomic mass is 16.4. The summed E-state index contributed by atoms with van der Waals surface area (Å²) in [5.41, 5.74) is 5.66. The summed E-state index contributed by atoms with van der Waals surface area (Å²) in [4.78, 5) is 21.4. The number of rotatable bonds is 5. The van der Waals surface area contributed by atoms with Crippen molar-refractivity contribution in [2.75, 3.05) is 0 Å². The lowest BCUT2D eigenvalue weighted by atomic mass is 9.81. The van der Waals surface area contributed by atoms with E-state index >= 15 is 0 Å². The van der Waals surface area contributed by atoms with Crippen LogP contribution in [0.4, 0.5) is 0 Å². The monoisotopic (exact) mass is 233 g/mol. The quantitative estimate of drug-likeness (QED) is 0.258. The van der Waals surface area contributed by atoms with Gasteiger partial charge in [-0.3, -0.25) is 4.79 Å². The topological polar surface area (TPSA) is 92.8 Å². The van der Waals surface area contributed by atoms with Crippen LogP contribution in [0.5, 0.6) is 0 Å². The van der Waals surface area contributed by atoms with Gasteiger partial charge in [0.15, 0.2) is 5.84 Å². The van der Waals surface area contributed by atoms with Crippen molar-refractivity contribution in [3.63, 3.8) is 0 Å². The van der Waals surface area contributed by atoms with Crippen molar-refractivity contribution in [2.24, 2.45) is 10.9 Å². The molecule has 0 saturated carbocycles. The van der Waals surface area contributed by atoms with Crippen molar-refractivity contribution >= 4 is 18.4 Å². The van der Waals surface area contributed by atoms with E-state index in [4.69, 9.17) is 10.9 Å². The number of nitrogens with two attached hydrogens (primary N) is 1. The second kappa shape index (κ2) is 5.25. The van der Waals surface area contributed by atoms with Crippen LogP contribution in [0.2, 0.25) is 0 Å². The van der Waals surface area contributed by atoms with Gasteiger partial charge in [-0.2, -0.15) is 0 Å². The Hall–Kier alpha value is -2.17. The summed E-state index contributed by atoms with van der Waals surface area (Å²) in [6.07, 6.45) is 2.62. The van der Waals surface area contributed by atoms with Gasteiger partial charge in [-0.15, -0.1) is 0 Å². The van der Waals surface area contributed by atoms with E-state index < -0.39 is 5.41 Å². The van der Waals surface area contributed by atoms with Crippen LogP contribution >= 0.6 is 0 Å². The fraction of sp³-hybridized carbons (Fsp3) is 0.250. The third-order valence-electron chi connectivity index (χ3n) is 2.64. The number of nitrogens with zero attached hydrogens (tertiary/aromatic N) is 1. The first kappa shape index (κ1) is 12.9. The number of hydrogen-bond donors (Lipinski definition) is 2. The van der Waals surface area contributed by atoms with Crippen molar-refractivity contribution in [3.05, 3.63) is 35.4 Å². The summed E-state index contributed by atoms with van der Waals surface area (Å²) in [5.74, 6) is -0.0104. The maximum absolute atomic E-state index is 10.9. The summed E-state index contributed by atoms with van der Waals surface area (Å²) in [6.45, 7) is 1.63. The van der Waals surface area contributed by atoms with Crippen LogP contribution in [0.15, 0.2) is 29.4 Å². The molecule has 5 heteroatoms. The first-order valence-electron chi connectivity index (χ1n) is 4.99. The molecule has 0 bridgehead atoms. The van der Waals surface area contributed by atoms with E-state index in [1.165, 1.54) is 0 Å². The number of benzene rings is 1. The van der Waals surface area contributed by atoms with Crippen molar-refractivity contribution in [2.45, 2.75) is 18.8 Å². The average Bonchev–Trinajstić information content (AvgIpc) is 2.38. The molecule has 3 N–H and O–H groups in total. The standard InChI is InChI=1S/C12H13N2O3/c1-12(8-16,6-7-15)10-4-2-9(3-5-10)11(13)14-17/h2-5,7,17H,6H2,1H3,(H2,13,14). The van der Waals surface area contributed by atoms with Gasteiger partial charge in [0.05, 0.1) is 5.41 Å². The van der Waals surface area contributed by atoms with Crippen LogP contribution in [0, 0.1) is 0 Å². The number of oxime groups is 1. The summed E-state index contributed by atoms with van der Waals surface area (Å²) >= 11 is 0. The van der Waals surface area contributed by atoms with Gasteiger partial charge in [-0.05, 0) is 12.5 Å². The fourth-order valence-electron chi connectivity index (χ4n) is 1.45. The minimum atomic E-state index is -0.953. The van der Waals surface area contributed by atoms with E-state index in [1.54, 1.807) is 31.2 Å². The molecule has 5 nitrogen and oxygen atoms in total. The van der Waals surface area contributed by atoms with Crippen molar-refractivity contribution < 1.29 is 14.8 Å². The van der Waals surface area contributed by atoms with Crippen LogP contribution in [0.25, 0.3) is 0 Å². The summed E-state index contributed by atoms with van der Waals surface area (Å²) < 4.78 is 0.